The van der Waals surface area contributed by atoms with Crippen molar-refractivity contribution in [3.05, 3.63) is 121 Å². The number of hydrogen-bond acceptors (Lipinski definition) is 10. The van der Waals surface area contributed by atoms with E-state index in [0.29, 0.717) is 25.2 Å². The third-order valence-electron chi connectivity index (χ3n) is 10.6. The number of nitrogens with one attached hydrogen (secondary N) is 1. The number of pyridine rings is 5. The van der Waals surface area contributed by atoms with Gasteiger partial charge in [-0.3, -0.25) is 24.5 Å². The Morgan fingerprint density at radius 3 is 1.82 bits per heavy atom. The largest absolute Gasteiger partial charge is 0.328 e. The van der Waals surface area contributed by atoms with Crippen LogP contribution in [0.1, 0.15) is 57.4 Å². The number of likely N-dealkylation sites (tertiary alicyclic amines) is 2. The summed E-state index contributed by atoms with van der Waals surface area (Å²) in [5.74, 6) is 0. The van der Waals surface area contributed by atoms with Gasteiger partial charge >= 0.3 is 0 Å². The van der Waals surface area contributed by atoms with Crippen LogP contribution >= 0.6 is 11.3 Å². The molecule has 56 heavy (non-hydrogen) atoms. The number of piperidine rings is 2. The van der Waals surface area contributed by atoms with Gasteiger partial charge in [-0.2, -0.15) is 11.3 Å². The molecule has 2 aliphatic heterocycles. The molecule has 0 unspecified atom stereocenters. The van der Waals surface area contributed by atoms with Gasteiger partial charge in [-0.1, -0.05) is 20.9 Å². The molecule has 8 heterocycles. The molecule has 11 nitrogen and oxygen atoms in total. The molecule has 2 aliphatic rings. The van der Waals surface area contributed by atoms with Crippen LogP contribution < -0.4 is 22.2 Å². The van der Waals surface area contributed by atoms with Gasteiger partial charge in [-0.25, -0.2) is 0 Å². The predicted molar refractivity (Wildman–Crippen MR) is 232 cm³/mol. The number of thiophene rings is 1. The first kappa shape index (κ1) is 42.6. The van der Waals surface area contributed by atoms with Crippen LogP contribution in [-0.2, 0) is 19.6 Å². The molecule has 0 bridgehead atoms. The lowest BCUT2D eigenvalue weighted by Gasteiger charge is -2.32. The van der Waals surface area contributed by atoms with Crippen molar-refractivity contribution < 1.29 is 0 Å². The molecule has 298 valence electrons. The summed E-state index contributed by atoms with van der Waals surface area (Å²) in [5.41, 5.74) is 15.1. The van der Waals surface area contributed by atoms with E-state index in [9.17, 15) is 9.59 Å². The first-order chi connectivity index (χ1) is 26.3. The minimum Gasteiger partial charge on any atom is -0.328 e. The Morgan fingerprint density at radius 2 is 1.29 bits per heavy atom. The third-order valence-corrected chi connectivity index (χ3v) is 11.3. The summed E-state index contributed by atoms with van der Waals surface area (Å²) >= 11 is 1.70. The average Bonchev–Trinajstić information content (AvgIpc) is 3.74. The quantitative estimate of drug-likeness (QED) is 0.161. The van der Waals surface area contributed by atoms with Crippen molar-refractivity contribution in [1.82, 2.24) is 39.2 Å². The first-order valence-corrected chi connectivity index (χ1v) is 20.1. The Kier molecular flexibility index (Phi) is 15.2. The minimum atomic E-state index is 0. The predicted octanol–water partition coefficient (Wildman–Crippen LogP) is 6.48. The van der Waals surface area contributed by atoms with E-state index >= 15 is 0 Å². The SMILES string of the molecule is C.C.Cc1cnc2ccc(=O)n(CCN3CCC(N)CC3)c2c1.Cc1cnc2ccc(=O)n(CCN3CCC(NCc4cccc(-c5ccsc5)n4)CC3)c2c1. The summed E-state index contributed by atoms with van der Waals surface area (Å²) in [7, 11) is 0. The fourth-order valence-corrected chi connectivity index (χ4v) is 8.06. The molecule has 0 atom stereocenters. The van der Waals surface area contributed by atoms with Crippen LogP contribution in [0.25, 0.3) is 33.3 Å². The van der Waals surface area contributed by atoms with Crippen LogP contribution in [0.2, 0.25) is 0 Å². The van der Waals surface area contributed by atoms with Crippen LogP contribution in [0.5, 0.6) is 0 Å². The van der Waals surface area contributed by atoms with Crippen molar-refractivity contribution in [2.75, 3.05) is 39.3 Å². The van der Waals surface area contributed by atoms with E-state index in [1.807, 2.05) is 47.5 Å². The molecule has 6 aromatic heterocycles. The van der Waals surface area contributed by atoms with Gasteiger partial charge in [0.2, 0.25) is 0 Å². The summed E-state index contributed by atoms with van der Waals surface area (Å²) in [6.07, 6.45) is 7.99. The van der Waals surface area contributed by atoms with Gasteiger partial charge in [0, 0.05) is 80.3 Å². The van der Waals surface area contributed by atoms with Crippen LogP contribution in [0.3, 0.4) is 0 Å². The van der Waals surface area contributed by atoms with Crippen LogP contribution in [0.4, 0.5) is 0 Å². The fourth-order valence-electron chi connectivity index (χ4n) is 7.42. The molecule has 12 heteroatoms. The molecule has 0 amide bonds. The zero-order valence-electron chi connectivity index (χ0n) is 31.4. The third kappa shape index (κ3) is 10.8. The molecule has 8 rings (SSSR count). The van der Waals surface area contributed by atoms with Gasteiger partial charge in [0.1, 0.15) is 0 Å². The Bertz CT molecular complexity index is 2270. The molecule has 0 saturated carbocycles. The first-order valence-electron chi connectivity index (χ1n) is 19.1. The lowest BCUT2D eigenvalue weighted by Crippen LogP contribution is -2.43. The van der Waals surface area contributed by atoms with E-state index in [4.69, 9.17) is 10.7 Å². The molecular weight excluding hydrogens is 719 g/mol. The number of hydrogen-bond donors (Lipinski definition) is 2. The van der Waals surface area contributed by atoms with Crippen LogP contribution in [0, 0.1) is 13.8 Å². The number of fused-ring (bicyclic) bond motifs is 2. The standard InChI is InChI=1S/C26H29N5OS.C16H22N4O.2CH4/c1-19-15-25-24(28-16-19)5-6-26(32)31(25)13-12-30-10-7-21(8-11-30)27-17-22-3-2-4-23(29-22)20-9-14-33-18-20;1-12-10-15-14(18-11-12)2-3-16(21)20(15)9-8-19-6-4-13(17)5-7-19;;/h2-6,9,14-16,18,21,27H,7-8,10-13,17H2,1H3;2-3,10-11,13H,4-9,17H2,1H3;2*1H4. The smallest absolute Gasteiger partial charge is 0.251 e. The van der Waals surface area contributed by atoms with Crippen molar-refractivity contribution in [3.8, 4) is 11.3 Å². The molecule has 2 fully saturated rings. The number of nitrogens with zero attached hydrogens (tertiary/aromatic N) is 7. The van der Waals surface area contributed by atoms with Gasteiger partial charge in [0.05, 0.1) is 33.5 Å². The van der Waals surface area contributed by atoms with E-state index < -0.39 is 0 Å². The van der Waals surface area contributed by atoms with E-state index in [1.165, 1.54) is 5.56 Å². The summed E-state index contributed by atoms with van der Waals surface area (Å²) < 4.78 is 3.70. The fraction of sp³-hybridized carbons (Fsp3) is 0.432. The van der Waals surface area contributed by atoms with E-state index in [0.717, 1.165) is 116 Å². The van der Waals surface area contributed by atoms with Gasteiger partial charge in [-0.05, 0) is 125 Å². The number of rotatable bonds is 10. The summed E-state index contributed by atoms with van der Waals surface area (Å²) in [6, 6.07) is 20.2. The molecule has 2 saturated heterocycles. The van der Waals surface area contributed by atoms with E-state index in [1.54, 1.807) is 29.5 Å². The summed E-state index contributed by atoms with van der Waals surface area (Å²) in [6.45, 7) is 12.1. The second-order valence-electron chi connectivity index (χ2n) is 14.7. The van der Waals surface area contributed by atoms with Crippen molar-refractivity contribution in [1.29, 1.82) is 0 Å². The highest BCUT2D eigenvalue weighted by Gasteiger charge is 2.20. The Balaban J connectivity index is 0.000000227. The highest BCUT2D eigenvalue weighted by Crippen LogP contribution is 2.21. The Labute approximate surface area is 335 Å². The van der Waals surface area contributed by atoms with Crippen molar-refractivity contribution in [2.45, 2.75) is 86.1 Å². The zero-order chi connectivity index (χ0) is 37.4. The minimum absolute atomic E-state index is 0. The molecular formula is C44H59N9O2S. The van der Waals surface area contributed by atoms with Gasteiger partial charge < -0.3 is 30.0 Å². The normalized spacial score (nSPS) is 15.6. The number of nitrogens with two attached hydrogens (primary N) is 1. The lowest BCUT2D eigenvalue weighted by atomic mass is 10.0. The monoisotopic (exact) mass is 777 g/mol. The van der Waals surface area contributed by atoms with Crippen molar-refractivity contribution in [2.24, 2.45) is 5.73 Å². The molecule has 0 radical (unpaired) electrons. The van der Waals surface area contributed by atoms with E-state index in [-0.39, 0.29) is 26.0 Å². The van der Waals surface area contributed by atoms with Crippen LogP contribution in [-0.4, -0.2) is 85.2 Å². The van der Waals surface area contributed by atoms with Crippen molar-refractivity contribution >= 4 is 33.4 Å². The average molecular weight is 778 g/mol. The topological polar surface area (TPSA) is 127 Å². The lowest BCUT2D eigenvalue weighted by molar-refractivity contribution is 0.191. The summed E-state index contributed by atoms with van der Waals surface area (Å²) in [5, 5.41) is 7.92. The molecule has 3 N–H and O–H groups in total. The maximum absolute atomic E-state index is 12.5. The van der Waals surface area contributed by atoms with Crippen molar-refractivity contribution in [3.63, 3.8) is 0 Å². The number of aryl methyl sites for hydroxylation is 2. The molecule has 0 aromatic carbocycles. The Hall–Kier alpha value is -4.59. The van der Waals surface area contributed by atoms with Crippen LogP contribution in [0.15, 0.2) is 93.4 Å². The van der Waals surface area contributed by atoms with Gasteiger partial charge in [-0.15, -0.1) is 0 Å². The zero-order valence-corrected chi connectivity index (χ0v) is 32.2. The summed E-state index contributed by atoms with van der Waals surface area (Å²) in [4.78, 5) is 43.2. The molecule has 6 aromatic rings. The maximum Gasteiger partial charge on any atom is 0.251 e. The number of aromatic nitrogens is 5. The highest BCUT2D eigenvalue weighted by atomic mass is 32.1. The highest BCUT2D eigenvalue weighted by molar-refractivity contribution is 7.08. The molecule has 0 spiro atoms. The second-order valence-corrected chi connectivity index (χ2v) is 15.5. The molecule has 0 aliphatic carbocycles. The Morgan fingerprint density at radius 1 is 0.732 bits per heavy atom. The second kappa shape index (κ2) is 20.0. The van der Waals surface area contributed by atoms with E-state index in [2.05, 4.69) is 66.2 Å². The van der Waals surface area contributed by atoms with Gasteiger partial charge in [0.15, 0.2) is 0 Å². The van der Waals surface area contributed by atoms with Gasteiger partial charge in [0.25, 0.3) is 11.1 Å². The maximum atomic E-state index is 12.5.